The molecule has 0 heterocycles. The molecule has 1 aliphatic rings. The Morgan fingerprint density at radius 1 is 0.977 bits per heavy atom. The molecule has 12 heteroatoms. The number of anilines is 1. The van der Waals surface area contributed by atoms with Gasteiger partial charge in [-0.25, -0.2) is 4.79 Å². The molecule has 2 N–H and O–H groups in total. The molecule has 1 atom stereocenters. The number of phenols is 1. The van der Waals surface area contributed by atoms with E-state index < -0.39 is 21.2 Å². The van der Waals surface area contributed by atoms with Gasteiger partial charge in [0.15, 0.2) is 5.75 Å². The molecule has 1 unspecified atom stereocenters. The first-order valence-corrected chi connectivity index (χ1v) is 14.8. The van der Waals surface area contributed by atoms with E-state index >= 15 is 0 Å². The summed E-state index contributed by atoms with van der Waals surface area (Å²) >= 11 is 0. The fourth-order valence-electron chi connectivity index (χ4n) is 4.44. The molecule has 44 heavy (non-hydrogen) atoms. The van der Waals surface area contributed by atoms with Crippen LogP contribution in [0.5, 0.6) is 11.5 Å². The van der Waals surface area contributed by atoms with Crippen molar-refractivity contribution in [3.05, 3.63) is 102 Å². The SMILES string of the molecule is CCOc1cc(N=Nc2cc(S(=O)(=O)F)ccc2C)ccc1N=Nc1c(O)c(NC2C=CC=CC2=C=O)cc2ccccc12. The normalized spacial score (nSPS) is 14.9. The Labute approximate surface area is 252 Å². The van der Waals surface area contributed by atoms with Gasteiger partial charge in [-0.2, -0.15) is 18.6 Å². The zero-order chi connectivity index (χ0) is 31.3. The highest BCUT2D eigenvalue weighted by atomic mass is 32.3. The minimum absolute atomic E-state index is 0.156. The van der Waals surface area contributed by atoms with Gasteiger partial charge in [-0.3, -0.25) is 0 Å². The second-order valence-corrected chi connectivity index (χ2v) is 11.0. The van der Waals surface area contributed by atoms with E-state index in [1.54, 1.807) is 62.4 Å². The number of azo groups is 2. The number of benzene rings is 4. The van der Waals surface area contributed by atoms with Crippen LogP contribution < -0.4 is 10.1 Å². The van der Waals surface area contributed by atoms with Crippen molar-refractivity contribution in [3.8, 4) is 11.5 Å². The number of nitrogens with one attached hydrogen (secondary N) is 1. The number of hydrogen-bond acceptors (Lipinski definition) is 10. The van der Waals surface area contributed by atoms with E-state index in [0.29, 0.717) is 45.9 Å². The second-order valence-electron chi connectivity index (χ2n) is 9.64. The average molecular weight is 612 g/mol. The molecular weight excluding hydrogens is 585 g/mol. The quantitative estimate of drug-likeness (QED) is 0.0842. The zero-order valence-corrected chi connectivity index (χ0v) is 24.4. The van der Waals surface area contributed by atoms with Gasteiger partial charge in [-0.15, -0.1) is 14.1 Å². The second kappa shape index (κ2) is 12.8. The molecule has 0 aromatic heterocycles. The smallest absolute Gasteiger partial charge is 0.332 e. The van der Waals surface area contributed by atoms with Gasteiger partial charge in [0.2, 0.25) is 0 Å². The minimum atomic E-state index is -4.89. The predicted molar refractivity (Wildman–Crippen MR) is 166 cm³/mol. The summed E-state index contributed by atoms with van der Waals surface area (Å²) in [6.07, 6.45) is 6.96. The van der Waals surface area contributed by atoms with Gasteiger partial charge in [0.1, 0.15) is 28.0 Å². The maximum Gasteiger partial charge on any atom is 0.332 e. The van der Waals surface area contributed by atoms with Crippen LogP contribution >= 0.6 is 0 Å². The molecule has 10 nitrogen and oxygen atoms in total. The van der Waals surface area contributed by atoms with Crippen LogP contribution in [0.3, 0.4) is 0 Å². The highest BCUT2D eigenvalue weighted by Crippen LogP contribution is 2.43. The summed E-state index contributed by atoms with van der Waals surface area (Å²) in [4.78, 5) is 10.9. The first-order valence-electron chi connectivity index (χ1n) is 13.4. The molecule has 5 rings (SSSR count). The zero-order valence-electron chi connectivity index (χ0n) is 23.6. The van der Waals surface area contributed by atoms with Gasteiger partial charge in [0.05, 0.1) is 35.3 Å². The lowest BCUT2D eigenvalue weighted by atomic mass is 10.0. The maximum atomic E-state index is 13.5. The number of nitrogens with zero attached hydrogens (tertiary/aromatic N) is 4. The molecule has 0 saturated carbocycles. The highest BCUT2D eigenvalue weighted by Gasteiger charge is 2.19. The number of halogens is 1. The van der Waals surface area contributed by atoms with Gasteiger partial charge >= 0.3 is 10.2 Å². The van der Waals surface area contributed by atoms with Gasteiger partial charge < -0.3 is 15.2 Å². The summed E-state index contributed by atoms with van der Waals surface area (Å²) in [6, 6.07) is 17.2. The molecule has 0 radical (unpaired) electrons. The third-order valence-electron chi connectivity index (χ3n) is 6.69. The van der Waals surface area contributed by atoms with Crippen molar-refractivity contribution >= 4 is 55.4 Å². The van der Waals surface area contributed by atoms with E-state index in [-0.39, 0.29) is 17.1 Å². The van der Waals surface area contributed by atoms with Crippen molar-refractivity contribution in [2.24, 2.45) is 20.5 Å². The standard InChI is InChI=1S/C32H26FN5O5S/c1-3-43-30-17-23(35-37-28-18-24(44(33,41)42)14-12-20(28)2)13-15-27(30)36-38-31-25-10-6-4-8-21(25)16-29(32(31)40)34-26-11-7-5-9-22(26)19-39/h4-18,26,34,40H,3H2,1-2H3. The lowest BCUT2D eigenvalue weighted by Crippen LogP contribution is -2.20. The molecule has 0 bridgehead atoms. The van der Waals surface area contributed by atoms with E-state index in [4.69, 9.17) is 4.74 Å². The van der Waals surface area contributed by atoms with Gasteiger partial charge in [-0.05, 0) is 61.2 Å². The summed E-state index contributed by atoms with van der Waals surface area (Å²) in [7, 11) is -4.89. The molecule has 222 valence electrons. The third kappa shape index (κ3) is 6.62. The summed E-state index contributed by atoms with van der Waals surface area (Å²) in [5, 5.41) is 32.9. The number of phenolic OH excluding ortho intramolecular Hbond substituents is 1. The molecule has 4 aromatic carbocycles. The number of aryl methyl sites for hydroxylation is 1. The first kappa shape index (κ1) is 30.0. The molecule has 0 aliphatic heterocycles. The lowest BCUT2D eigenvalue weighted by molar-refractivity contribution is 0.341. The van der Waals surface area contributed by atoms with Crippen molar-refractivity contribution in [1.29, 1.82) is 0 Å². The Kier molecular flexibility index (Phi) is 8.75. The Hall–Kier alpha value is -5.45. The summed E-state index contributed by atoms with van der Waals surface area (Å²) in [6.45, 7) is 3.80. The van der Waals surface area contributed by atoms with Crippen molar-refractivity contribution in [3.63, 3.8) is 0 Å². The number of rotatable bonds is 9. The van der Waals surface area contributed by atoms with E-state index in [1.165, 1.54) is 6.07 Å². The first-order chi connectivity index (χ1) is 21.2. The Morgan fingerprint density at radius 3 is 2.55 bits per heavy atom. The van der Waals surface area contributed by atoms with Crippen molar-refractivity contribution in [2.75, 3.05) is 11.9 Å². The molecule has 0 spiro atoms. The van der Waals surface area contributed by atoms with Crippen LogP contribution in [0, 0.1) is 6.92 Å². The van der Waals surface area contributed by atoms with E-state index in [9.17, 15) is 22.2 Å². The largest absolute Gasteiger partial charge is 0.504 e. The Bertz CT molecular complexity index is 2030. The van der Waals surface area contributed by atoms with Gasteiger partial charge in [-0.1, -0.05) is 48.6 Å². The number of allylic oxidation sites excluding steroid dienone is 2. The van der Waals surface area contributed by atoms with Crippen LogP contribution in [0.1, 0.15) is 12.5 Å². The Morgan fingerprint density at radius 2 is 1.77 bits per heavy atom. The van der Waals surface area contributed by atoms with Gasteiger partial charge in [0, 0.05) is 11.5 Å². The van der Waals surface area contributed by atoms with Crippen molar-refractivity contribution in [2.45, 2.75) is 24.8 Å². The van der Waals surface area contributed by atoms with Crippen LogP contribution in [-0.4, -0.2) is 32.1 Å². The number of aromatic hydroxyl groups is 1. The topological polar surface area (TPSA) is 142 Å². The van der Waals surface area contributed by atoms with Crippen LogP contribution in [0.15, 0.2) is 122 Å². The average Bonchev–Trinajstić information content (AvgIpc) is 3.01. The summed E-state index contributed by atoms with van der Waals surface area (Å²) in [5.41, 5.74) is 2.47. The number of ether oxygens (including phenoxy) is 1. The van der Waals surface area contributed by atoms with Gasteiger partial charge in [0.25, 0.3) is 0 Å². The molecule has 0 amide bonds. The molecule has 1 aliphatic carbocycles. The maximum absolute atomic E-state index is 13.5. The molecular formula is C32H26FN5O5S. The lowest BCUT2D eigenvalue weighted by Gasteiger charge is -2.19. The molecule has 4 aromatic rings. The van der Waals surface area contributed by atoms with Crippen LogP contribution in [0.2, 0.25) is 0 Å². The van der Waals surface area contributed by atoms with E-state index in [0.717, 1.165) is 17.5 Å². The molecule has 0 fully saturated rings. The summed E-state index contributed by atoms with van der Waals surface area (Å²) < 4.78 is 41.8. The fraction of sp³-hybridized carbons (Fsp3) is 0.125. The number of hydrogen-bond donors (Lipinski definition) is 2. The highest BCUT2D eigenvalue weighted by molar-refractivity contribution is 7.86. The minimum Gasteiger partial charge on any atom is -0.504 e. The van der Waals surface area contributed by atoms with Crippen molar-refractivity contribution < 1.29 is 26.9 Å². The van der Waals surface area contributed by atoms with Crippen LogP contribution in [-0.2, 0) is 15.0 Å². The fourth-order valence-corrected chi connectivity index (χ4v) is 4.93. The van der Waals surface area contributed by atoms with Crippen LogP contribution in [0.25, 0.3) is 10.8 Å². The number of carbonyl (C=O) groups excluding carboxylic acids is 1. The Balaban J connectivity index is 1.49. The van der Waals surface area contributed by atoms with Crippen molar-refractivity contribution in [1.82, 2.24) is 0 Å². The molecule has 0 saturated heterocycles. The number of fused-ring (bicyclic) bond motifs is 1. The predicted octanol–water partition coefficient (Wildman–Crippen LogP) is 8.41. The third-order valence-corrected chi connectivity index (χ3v) is 7.50. The van der Waals surface area contributed by atoms with Crippen LogP contribution in [0.4, 0.5) is 32.3 Å². The van der Waals surface area contributed by atoms with E-state index in [1.807, 2.05) is 30.2 Å². The summed E-state index contributed by atoms with van der Waals surface area (Å²) in [5.74, 6) is 2.10. The van der Waals surface area contributed by atoms with E-state index in [2.05, 4.69) is 25.8 Å². The monoisotopic (exact) mass is 611 g/mol.